The van der Waals surface area contributed by atoms with Crippen molar-refractivity contribution in [2.45, 2.75) is 13.8 Å². The van der Waals surface area contributed by atoms with Crippen molar-refractivity contribution in [2.24, 2.45) is 0 Å². The van der Waals surface area contributed by atoms with Gasteiger partial charge in [-0.1, -0.05) is 15.9 Å². The molecule has 76 valence electrons. The molecule has 1 heterocycles. The van der Waals surface area contributed by atoms with Gasteiger partial charge in [0.25, 0.3) is 0 Å². The fourth-order valence-corrected chi connectivity index (χ4v) is 1.77. The van der Waals surface area contributed by atoms with Gasteiger partial charge in [0.05, 0.1) is 5.52 Å². The Labute approximate surface area is 95.7 Å². The van der Waals surface area contributed by atoms with Crippen LogP contribution in [0.4, 0.5) is 0 Å². The zero-order valence-corrected chi connectivity index (χ0v) is 10.00. The van der Waals surface area contributed by atoms with Gasteiger partial charge in [0, 0.05) is 22.5 Å². The molecule has 0 fully saturated rings. The molecule has 4 heteroatoms. The van der Waals surface area contributed by atoms with Crippen LogP contribution >= 0.6 is 15.9 Å². The molecule has 0 bridgehead atoms. The molecule has 0 radical (unpaired) electrons. The Morgan fingerprint density at radius 1 is 1.33 bits per heavy atom. The zero-order chi connectivity index (χ0) is 11.0. The molecule has 0 N–H and O–H groups in total. The molecule has 0 unspecified atom stereocenters. The number of aryl methyl sites for hydroxylation is 1. The number of nitrogens with zero attached hydrogens (tertiary/aromatic N) is 2. The third kappa shape index (κ3) is 1.90. The summed E-state index contributed by atoms with van der Waals surface area (Å²) in [5, 5.41) is 0.967. The molecule has 0 atom stereocenters. The first-order valence-corrected chi connectivity index (χ1v) is 5.32. The number of benzene rings is 1. The van der Waals surface area contributed by atoms with E-state index in [1.165, 1.54) is 6.92 Å². The van der Waals surface area contributed by atoms with Crippen LogP contribution in [0.1, 0.15) is 23.2 Å². The molecule has 0 aliphatic heterocycles. The van der Waals surface area contributed by atoms with Gasteiger partial charge in [0.1, 0.15) is 0 Å². The third-order valence-corrected chi connectivity index (χ3v) is 2.66. The Balaban J connectivity index is 2.78. The summed E-state index contributed by atoms with van der Waals surface area (Å²) >= 11 is 3.39. The highest BCUT2D eigenvalue weighted by molar-refractivity contribution is 9.10. The highest BCUT2D eigenvalue weighted by Gasteiger charge is 2.07. The summed E-state index contributed by atoms with van der Waals surface area (Å²) in [6.07, 6.45) is 0. The van der Waals surface area contributed by atoms with Crippen LogP contribution in [-0.4, -0.2) is 15.8 Å². The molecule has 2 aromatic rings. The van der Waals surface area contributed by atoms with E-state index in [9.17, 15) is 4.79 Å². The minimum atomic E-state index is -0.108. The van der Waals surface area contributed by atoms with Gasteiger partial charge in [-0.3, -0.25) is 4.79 Å². The number of carbonyl (C=O) groups excluding carboxylic acids is 1. The van der Waals surface area contributed by atoms with Crippen LogP contribution < -0.4 is 0 Å². The summed E-state index contributed by atoms with van der Waals surface area (Å²) in [4.78, 5) is 19.5. The fraction of sp³-hybridized carbons (Fsp3) is 0.182. The van der Waals surface area contributed by atoms with Crippen molar-refractivity contribution in [3.8, 4) is 0 Å². The van der Waals surface area contributed by atoms with Crippen LogP contribution in [0.5, 0.6) is 0 Å². The molecule has 0 spiro atoms. The largest absolute Gasteiger partial charge is 0.291 e. The summed E-state index contributed by atoms with van der Waals surface area (Å²) in [7, 11) is 0. The molecule has 0 aliphatic rings. The van der Waals surface area contributed by atoms with Crippen molar-refractivity contribution in [3.63, 3.8) is 0 Å². The fourth-order valence-electron chi connectivity index (χ4n) is 1.41. The molecular weight excluding hydrogens is 256 g/mol. The molecular formula is C11H9BrN2O. The SMILES string of the molecule is CC(=O)c1nc(C)c2cc(Br)ccc2n1. The van der Waals surface area contributed by atoms with Crippen molar-refractivity contribution < 1.29 is 4.79 Å². The Kier molecular flexibility index (Phi) is 2.52. The van der Waals surface area contributed by atoms with E-state index < -0.39 is 0 Å². The summed E-state index contributed by atoms with van der Waals surface area (Å²) in [5.74, 6) is 0.172. The standard InChI is InChI=1S/C11H9BrN2O/c1-6-9-5-8(12)3-4-10(9)14-11(13-6)7(2)15/h3-5H,1-2H3. The maximum Gasteiger partial charge on any atom is 0.196 e. The summed E-state index contributed by atoms with van der Waals surface area (Å²) in [5.41, 5.74) is 1.63. The van der Waals surface area contributed by atoms with Crippen LogP contribution in [0.3, 0.4) is 0 Å². The first-order valence-electron chi connectivity index (χ1n) is 4.53. The second kappa shape index (κ2) is 3.70. The topological polar surface area (TPSA) is 42.9 Å². The second-order valence-corrected chi connectivity index (χ2v) is 4.27. The number of aromatic nitrogens is 2. The lowest BCUT2D eigenvalue weighted by Crippen LogP contribution is -2.03. The van der Waals surface area contributed by atoms with E-state index in [1.807, 2.05) is 25.1 Å². The Bertz CT molecular complexity index is 552. The highest BCUT2D eigenvalue weighted by Crippen LogP contribution is 2.20. The van der Waals surface area contributed by atoms with Gasteiger partial charge in [-0.05, 0) is 25.1 Å². The van der Waals surface area contributed by atoms with Crippen LogP contribution in [0.25, 0.3) is 10.9 Å². The van der Waals surface area contributed by atoms with Crippen molar-refractivity contribution >= 4 is 32.6 Å². The number of hydrogen-bond donors (Lipinski definition) is 0. The number of halogens is 1. The predicted molar refractivity (Wildman–Crippen MR) is 62.0 cm³/mol. The summed E-state index contributed by atoms with van der Waals surface area (Å²) in [6.45, 7) is 3.35. The molecule has 0 saturated carbocycles. The minimum Gasteiger partial charge on any atom is -0.291 e. The Morgan fingerprint density at radius 2 is 2.07 bits per heavy atom. The first-order chi connectivity index (χ1) is 7.08. The molecule has 0 saturated heterocycles. The van der Waals surface area contributed by atoms with Gasteiger partial charge in [-0.15, -0.1) is 0 Å². The van der Waals surface area contributed by atoms with Crippen LogP contribution in [0.15, 0.2) is 22.7 Å². The lowest BCUT2D eigenvalue weighted by atomic mass is 10.2. The zero-order valence-electron chi connectivity index (χ0n) is 8.41. The van der Waals surface area contributed by atoms with E-state index in [4.69, 9.17) is 0 Å². The Hall–Kier alpha value is -1.29. The molecule has 2 rings (SSSR count). The third-order valence-electron chi connectivity index (χ3n) is 2.16. The summed E-state index contributed by atoms with van der Waals surface area (Å²) in [6, 6.07) is 5.73. The lowest BCUT2D eigenvalue weighted by Gasteiger charge is -2.03. The minimum absolute atomic E-state index is 0.108. The second-order valence-electron chi connectivity index (χ2n) is 3.35. The average Bonchev–Trinajstić information content (AvgIpc) is 2.18. The molecule has 3 nitrogen and oxygen atoms in total. The van der Waals surface area contributed by atoms with E-state index in [-0.39, 0.29) is 11.6 Å². The monoisotopic (exact) mass is 264 g/mol. The number of rotatable bonds is 1. The van der Waals surface area contributed by atoms with Crippen molar-refractivity contribution in [2.75, 3.05) is 0 Å². The molecule has 15 heavy (non-hydrogen) atoms. The smallest absolute Gasteiger partial charge is 0.196 e. The van der Waals surface area contributed by atoms with Crippen LogP contribution in [0, 0.1) is 6.92 Å². The van der Waals surface area contributed by atoms with Crippen LogP contribution in [-0.2, 0) is 0 Å². The van der Waals surface area contributed by atoms with Gasteiger partial charge in [0.15, 0.2) is 11.6 Å². The molecule has 0 amide bonds. The Morgan fingerprint density at radius 3 is 2.73 bits per heavy atom. The van der Waals surface area contributed by atoms with Crippen LogP contribution in [0.2, 0.25) is 0 Å². The van der Waals surface area contributed by atoms with Crippen molar-refractivity contribution in [1.29, 1.82) is 0 Å². The molecule has 1 aromatic carbocycles. The lowest BCUT2D eigenvalue weighted by molar-refractivity contribution is 0.100. The van der Waals surface area contributed by atoms with Gasteiger partial charge in [0.2, 0.25) is 0 Å². The van der Waals surface area contributed by atoms with E-state index in [0.717, 1.165) is 21.1 Å². The predicted octanol–water partition coefficient (Wildman–Crippen LogP) is 2.90. The average molecular weight is 265 g/mol. The normalized spacial score (nSPS) is 10.6. The van der Waals surface area contributed by atoms with E-state index in [2.05, 4.69) is 25.9 Å². The maximum absolute atomic E-state index is 11.2. The van der Waals surface area contributed by atoms with E-state index in [0.29, 0.717) is 0 Å². The quantitative estimate of drug-likeness (QED) is 0.744. The first kappa shape index (κ1) is 10.2. The van der Waals surface area contributed by atoms with E-state index in [1.54, 1.807) is 0 Å². The number of Topliss-reactive ketones (excluding diaryl/α,β-unsaturated/α-hetero) is 1. The molecule has 1 aromatic heterocycles. The van der Waals surface area contributed by atoms with Gasteiger partial charge in [-0.25, -0.2) is 9.97 Å². The summed E-state index contributed by atoms with van der Waals surface area (Å²) < 4.78 is 0.984. The number of fused-ring (bicyclic) bond motifs is 1. The van der Waals surface area contributed by atoms with E-state index >= 15 is 0 Å². The number of carbonyl (C=O) groups is 1. The number of hydrogen-bond acceptors (Lipinski definition) is 3. The van der Waals surface area contributed by atoms with Gasteiger partial charge in [-0.2, -0.15) is 0 Å². The number of ketones is 1. The maximum atomic E-state index is 11.2. The highest BCUT2D eigenvalue weighted by atomic mass is 79.9. The van der Waals surface area contributed by atoms with Crippen molar-refractivity contribution in [3.05, 3.63) is 34.2 Å². The van der Waals surface area contributed by atoms with Gasteiger partial charge >= 0.3 is 0 Å². The van der Waals surface area contributed by atoms with Crippen molar-refractivity contribution in [1.82, 2.24) is 9.97 Å². The molecule has 0 aliphatic carbocycles. The van der Waals surface area contributed by atoms with Gasteiger partial charge < -0.3 is 0 Å².